The molecule has 0 saturated heterocycles. The highest BCUT2D eigenvalue weighted by Crippen LogP contribution is 2.25. The Labute approximate surface area is 182 Å². The van der Waals surface area contributed by atoms with Gasteiger partial charge in [-0.3, -0.25) is 4.99 Å². The summed E-state index contributed by atoms with van der Waals surface area (Å²) in [6.07, 6.45) is 3.94. The number of carbonyl (C=O) groups excluding carboxylic acids is 1. The van der Waals surface area contributed by atoms with Gasteiger partial charge in [0.15, 0.2) is 5.16 Å². The van der Waals surface area contributed by atoms with E-state index in [0.717, 1.165) is 16.8 Å². The smallest absolute Gasteiger partial charge is 0.337 e. The second-order valence-electron chi connectivity index (χ2n) is 6.06. The SMILES string of the molecule is CCC(N=C(c1ccccc1)c1ccccc1)C(=O)Oc1nc(SC)ncc1Br. The molecule has 1 atom stereocenters. The monoisotopic (exact) mass is 469 g/mol. The number of halogens is 1. The normalized spacial score (nSPS) is 11.6. The van der Waals surface area contributed by atoms with E-state index in [2.05, 4.69) is 25.9 Å². The fraction of sp³-hybridized carbons (Fsp3) is 0.182. The Morgan fingerprint density at radius 1 is 1.10 bits per heavy atom. The Bertz CT molecular complexity index is 956. The lowest BCUT2D eigenvalue weighted by Crippen LogP contribution is -2.26. The van der Waals surface area contributed by atoms with Gasteiger partial charge in [-0.1, -0.05) is 79.3 Å². The minimum absolute atomic E-state index is 0.198. The third-order valence-electron chi connectivity index (χ3n) is 4.11. The predicted molar refractivity (Wildman–Crippen MR) is 120 cm³/mol. The van der Waals surface area contributed by atoms with Crippen molar-refractivity contribution >= 4 is 39.4 Å². The maximum atomic E-state index is 12.9. The number of nitrogens with zero attached hydrogens (tertiary/aromatic N) is 3. The molecule has 0 N–H and O–H groups in total. The van der Waals surface area contributed by atoms with Crippen molar-refractivity contribution in [1.29, 1.82) is 0 Å². The van der Waals surface area contributed by atoms with Crippen LogP contribution in [0.2, 0.25) is 0 Å². The summed E-state index contributed by atoms with van der Waals surface area (Å²) in [5, 5.41) is 0.529. The fourth-order valence-electron chi connectivity index (χ4n) is 2.64. The van der Waals surface area contributed by atoms with E-state index >= 15 is 0 Å². The molecule has 0 aliphatic carbocycles. The number of ether oxygens (including phenoxy) is 1. The van der Waals surface area contributed by atoms with Crippen LogP contribution in [0, 0.1) is 0 Å². The van der Waals surface area contributed by atoms with Gasteiger partial charge in [0.25, 0.3) is 0 Å². The first-order chi connectivity index (χ1) is 14.1. The van der Waals surface area contributed by atoms with Crippen LogP contribution in [0.5, 0.6) is 5.88 Å². The number of hydrogen-bond acceptors (Lipinski definition) is 6. The van der Waals surface area contributed by atoms with Gasteiger partial charge in [0, 0.05) is 17.3 Å². The molecule has 1 unspecified atom stereocenters. The molecule has 29 heavy (non-hydrogen) atoms. The number of carbonyl (C=O) groups is 1. The van der Waals surface area contributed by atoms with E-state index in [1.54, 1.807) is 6.20 Å². The van der Waals surface area contributed by atoms with Gasteiger partial charge in [-0.2, -0.15) is 4.98 Å². The molecule has 0 fully saturated rings. The van der Waals surface area contributed by atoms with Crippen LogP contribution in [0.4, 0.5) is 0 Å². The van der Waals surface area contributed by atoms with E-state index in [9.17, 15) is 4.79 Å². The predicted octanol–water partition coefficient (Wildman–Crippen LogP) is 5.18. The van der Waals surface area contributed by atoms with Gasteiger partial charge in [0.2, 0.25) is 5.88 Å². The quantitative estimate of drug-likeness (QED) is 0.206. The summed E-state index contributed by atoms with van der Waals surface area (Å²) in [5.74, 6) is -0.257. The number of aromatic nitrogens is 2. The van der Waals surface area contributed by atoms with Gasteiger partial charge >= 0.3 is 5.97 Å². The summed E-state index contributed by atoms with van der Waals surface area (Å²) in [4.78, 5) is 26.1. The minimum Gasteiger partial charge on any atom is -0.404 e. The Kier molecular flexibility index (Phi) is 7.55. The van der Waals surface area contributed by atoms with Crippen molar-refractivity contribution in [3.63, 3.8) is 0 Å². The number of thioether (sulfide) groups is 1. The number of esters is 1. The largest absolute Gasteiger partial charge is 0.404 e. The van der Waals surface area contributed by atoms with Crippen molar-refractivity contribution < 1.29 is 9.53 Å². The molecule has 0 spiro atoms. The summed E-state index contributed by atoms with van der Waals surface area (Å²) in [6.45, 7) is 1.91. The van der Waals surface area contributed by atoms with Gasteiger partial charge in [-0.15, -0.1) is 0 Å². The lowest BCUT2D eigenvalue weighted by Gasteiger charge is -2.14. The molecule has 0 bridgehead atoms. The summed E-state index contributed by atoms with van der Waals surface area (Å²) >= 11 is 4.71. The molecule has 148 valence electrons. The number of aliphatic imine (C=N–C) groups is 1. The molecule has 1 aromatic heterocycles. The molecule has 0 amide bonds. The van der Waals surface area contributed by atoms with Crippen LogP contribution in [-0.4, -0.2) is 33.9 Å². The van der Waals surface area contributed by atoms with Crippen LogP contribution in [-0.2, 0) is 4.79 Å². The molecule has 5 nitrogen and oxygen atoms in total. The Morgan fingerprint density at radius 2 is 1.69 bits per heavy atom. The van der Waals surface area contributed by atoms with Crippen LogP contribution < -0.4 is 4.74 Å². The summed E-state index contributed by atoms with van der Waals surface area (Å²) in [6, 6.07) is 19.0. The zero-order valence-corrected chi connectivity index (χ0v) is 18.5. The first kappa shape index (κ1) is 21.2. The average Bonchev–Trinajstić information content (AvgIpc) is 2.77. The lowest BCUT2D eigenvalue weighted by atomic mass is 10.0. The summed E-state index contributed by atoms with van der Waals surface area (Å²) < 4.78 is 6.08. The second-order valence-corrected chi connectivity index (χ2v) is 7.69. The third kappa shape index (κ3) is 5.52. The molecule has 0 radical (unpaired) electrons. The highest BCUT2D eigenvalue weighted by molar-refractivity contribution is 9.10. The van der Waals surface area contributed by atoms with Crippen LogP contribution in [0.3, 0.4) is 0 Å². The highest BCUT2D eigenvalue weighted by Gasteiger charge is 2.22. The first-order valence-corrected chi connectivity index (χ1v) is 11.1. The maximum absolute atomic E-state index is 12.9. The zero-order valence-electron chi connectivity index (χ0n) is 16.1. The van der Waals surface area contributed by atoms with Crippen molar-refractivity contribution in [3.05, 3.63) is 82.5 Å². The van der Waals surface area contributed by atoms with Crippen LogP contribution >= 0.6 is 27.7 Å². The Balaban J connectivity index is 1.94. The van der Waals surface area contributed by atoms with Crippen LogP contribution in [0.15, 0.2) is 81.5 Å². The van der Waals surface area contributed by atoms with Gasteiger partial charge in [-0.05, 0) is 28.6 Å². The zero-order chi connectivity index (χ0) is 20.6. The molecule has 0 aliphatic rings. The van der Waals surface area contributed by atoms with Crippen molar-refractivity contribution in [1.82, 2.24) is 9.97 Å². The van der Waals surface area contributed by atoms with Gasteiger partial charge in [-0.25, -0.2) is 9.78 Å². The topological polar surface area (TPSA) is 64.4 Å². The fourth-order valence-corrected chi connectivity index (χ4v) is 3.25. The van der Waals surface area contributed by atoms with Crippen LogP contribution in [0.25, 0.3) is 0 Å². The summed E-state index contributed by atoms with van der Waals surface area (Å²) in [7, 11) is 0. The third-order valence-corrected chi connectivity index (χ3v) is 5.21. The summed E-state index contributed by atoms with van der Waals surface area (Å²) in [5.41, 5.74) is 2.64. The Hall–Kier alpha value is -2.51. The number of benzene rings is 2. The van der Waals surface area contributed by atoms with Crippen molar-refractivity contribution in [2.24, 2.45) is 4.99 Å². The van der Waals surface area contributed by atoms with E-state index < -0.39 is 12.0 Å². The Morgan fingerprint density at radius 3 is 2.21 bits per heavy atom. The molecular formula is C22H20BrN3O2S. The molecule has 2 aromatic carbocycles. The van der Waals surface area contributed by atoms with Crippen molar-refractivity contribution in [2.75, 3.05) is 6.26 Å². The van der Waals surface area contributed by atoms with Crippen LogP contribution in [0.1, 0.15) is 24.5 Å². The average molecular weight is 470 g/mol. The molecule has 7 heteroatoms. The second kappa shape index (κ2) is 10.3. The molecular weight excluding hydrogens is 450 g/mol. The van der Waals surface area contributed by atoms with Gasteiger partial charge in [0.05, 0.1) is 10.2 Å². The number of hydrogen-bond donors (Lipinski definition) is 0. The first-order valence-electron chi connectivity index (χ1n) is 9.09. The molecule has 0 saturated carbocycles. The maximum Gasteiger partial charge on any atom is 0.337 e. The van der Waals surface area contributed by atoms with Gasteiger partial charge < -0.3 is 4.74 Å². The molecule has 3 rings (SSSR count). The van der Waals surface area contributed by atoms with Gasteiger partial charge in [0.1, 0.15) is 6.04 Å². The van der Waals surface area contributed by atoms with E-state index in [-0.39, 0.29) is 5.88 Å². The van der Waals surface area contributed by atoms with Crippen molar-refractivity contribution in [2.45, 2.75) is 24.5 Å². The highest BCUT2D eigenvalue weighted by atomic mass is 79.9. The lowest BCUT2D eigenvalue weighted by molar-refractivity contribution is -0.136. The molecule has 1 heterocycles. The van der Waals surface area contributed by atoms with E-state index in [0.29, 0.717) is 16.0 Å². The van der Waals surface area contributed by atoms with E-state index in [4.69, 9.17) is 9.73 Å². The minimum atomic E-state index is -0.662. The molecule has 0 aliphatic heterocycles. The van der Waals surface area contributed by atoms with Crippen molar-refractivity contribution in [3.8, 4) is 5.88 Å². The number of rotatable bonds is 7. The standard InChI is InChI=1S/C22H20BrN3O2S/c1-3-18(21(27)28-20-17(23)14-24-22(26-20)29-2)25-19(15-10-6-4-7-11-15)16-12-8-5-9-13-16/h4-14,18H,3H2,1-2H3. The van der Waals surface area contributed by atoms with E-state index in [1.807, 2.05) is 73.8 Å². The molecule has 3 aromatic rings. The van der Waals surface area contributed by atoms with E-state index in [1.165, 1.54) is 11.8 Å².